The molecule has 0 spiro atoms. The third kappa shape index (κ3) is 7.24. The van der Waals surface area contributed by atoms with Crippen LogP contribution in [0.4, 0.5) is 10.5 Å². The maximum absolute atomic E-state index is 13.4. The molecule has 0 fully saturated rings. The Labute approximate surface area is 252 Å². The standard InChI is InChI=1S/C32H38ClN5O2S/c1-19(2)26-12-9-13-27(20(3)4)29(26)35-31(39)34-22(6)30-36-37-32(38(30)28-17-24(33)15-14-21(28)5)41-18-23-10-8-11-25(16-23)40-7/h8-17,19-20,22H,18H2,1-7H3,(H2,34,35,39). The first kappa shape index (κ1) is 30.5. The van der Waals surface area contributed by atoms with Crippen LogP contribution in [0, 0.1) is 6.92 Å². The van der Waals surface area contributed by atoms with Gasteiger partial charge in [0.25, 0.3) is 0 Å². The van der Waals surface area contributed by atoms with E-state index in [-0.39, 0.29) is 17.9 Å². The monoisotopic (exact) mass is 591 g/mol. The van der Waals surface area contributed by atoms with Crippen molar-refractivity contribution in [2.75, 3.05) is 12.4 Å². The lowest BCUT2D eigenvalue weighted by Crippen LogP contribution is -2.33. The van der Waals surface area contributed by atoms with Gasteiger partial charge in [-0.05, 0) is 72.2 Å². The van der Waals surface area contributed by atoms with E-state index in [1.54, 1.807) is 18.9 Å². The second-order valence-electron chi connectivity index (χ2n) is 10.7. The summed E-state index contributed by atoms with van der Waals surface area (Å²) >= 11 is 7.99. The number of hydrogen-bond donors (Lipinski definition) is 2. The summed E-state index contributed by atoms with van der Waals surface area (Å²) in [5.74, 6) is 2.61. The Hall–Kier alpha value is -3.49. The molecule has 0 aliphatic rings. The first-order valence-electron chi connectivity index (χ1n) is 13.8. The fourth-order valence-electron chi connectivity index (χ4n) is 4.72. The van der Waals surface area contributed by atoms with Crippen molar-refractivity contribution in [1.29, 1.82) is 0 Å². The minimum Gasteiger partial charge on any atom is -0.497 e. The number of anilines is 1. The fourth-order valence-corrected chi connectivity index (χ4v) is 5.78. The Kier molecular flexibility index (Phi) is 9.99. The van der Waals surface area contributed by atoms with Crippen LogP contribution in [-0.2, 0) is 5.75 Å². The normalized spacial score (nSPS) is 12.0. The zero-order valence-electron chi connectivity index (χ0n) is 24.7. The van der Waals surface area contributed by atoms with Gasteiger partial charge in [-0.2, -0.15) is 0 Å². The van der Waals surface area contributed by atoms with Gasteiger partial charge in [-0.15, -0.1) is 10.2 Å². The number of rotatable bonds is 10. The number of nitrogens with one attached hydrogen (secondary N) is 2. The first-order chi connectivity index (χ1) is 19.6. The molecular weight excluding hydrogens is 554 g/mol. The highest BCUT2D eigenvalue weighted by atomic mass is 35.5. The molecule has 0 bridgehead atoms. The molecule has 2 amide bonds. The van der Waals surface area contributed by atoms with E-state index in [2.05, 4.69) is 72.8 Å². The van der Waals surface area contributed by atoms with Crippen LogP contribution in [0.5, 0.6) is 5.75 Å². The van der Waals surface area contributed by atoms with Gasteiger partial charge >= 0.3 is 6.03 Å². The van der Waals surface area contributed by atoms with Crippen molar-refractivity contribution < 1.29 is 9.53 Å². The molecule has 1 atom stereocenters. The van der Waals surface area contributed by atoms with Crippen LogP contribution >= 0.6 is 23.4 Å². The lowest BCUT2D eigenvalue weighted by atomic mass is 9.93. The van der Waals surface area contributed by atoms with Crippen LogP contribution in [0.1, 0.15) is 80.6 Å². The lowest BCUT2D eigenvalue weighted by molar-refractivity contribution is 0.248. The number of carbonyl (C=O) groups excluding carboxylic acids is 1. The van der Waals surface area contributed by atoms with Crippen molar-refractivity contribution in [1.82, 2.24) is 20.1 Å². The number of para-hydroxylation sites is 1. The maximum atomic E-state index is 13.4. The molecule has 0 aliphatic heterocycles. The van der Waals surface area contributed by atoms with Gasteiger partial charge in [0, 0.05) is 16.5 Å². The predicted molar refractivity (Wildman–Crippen MR) is 169 cm³/mol. The third-order valence-electron chi connectivity index (χ3n) is 6.92. The van der Waals surface area contributed by atoms with E-state index in [4.69, 9.17) is 16.3 Å². The molecule has 0 radical (unpaired) electrons. The Morgan fingerprint density at radius 2 is 1.66 bits per heavy atom. The molecule has 1 aromatic heterocycles. The van der Waals surface area contributed by atoms with E-state index < -0.39 is 6.04 Å². The minimum atomic E-state index is -0.444. The summed E-state index contributed by atoms with van der Waals surface area (Å²) < 4.78 is 7.37. The molecule has 7 nitrogen and oxygen atoms in total. The molecule has 4 rings (SSSR count). The third-order valence-corrected chi connectivity index (χ3v) is 8.15. The molecule has 41 heavy (non-hydrogen) atoms. The fraction of sp³-hybridized carbons (Fsp3) is 0.344. The van der Waals surface area contributed by atoms with E-state index >= 15 is 0 Å². The average Bonchev–Trinajstić information content (AvgIpc) is 3.37. The van der Waals surface area contributed by atoms with E-state index in [9.17, 15) is 4.79 Å². The number of methoxy groups -OCH3 is 1. The minimum absolute atomic E-state index is 0.263. The zero-order chi connectivity index (χ0) is 29.7. The number of carbonyl (C=O) groups is 1. The molecule has 9 heteroatoms. The van der Waals surface area contributed by atoms with Gasteiger partial charge in [-0.25, -0.2) is 4.79 Å². The van der Waals surface area contributed by atoms with Gasteiger partial charge in [0.1, 0.15) is 5.75 Å². The number of nitrogens with zero attached hydrogens (tertiary/aromatic N) is 3. The Morgan fingerprint density at radius 1 is 0.976 bits per heavy atom. The molecule has 4 aromatic rings. The first-order valence-corrected chi connectivity index (χ1v) is 15.1. The smallest absolute Gasteiger partial charge is 0.319 e. The van der Waals surface area contributed by atoms with Gasteiger partial charge in [0.15, 0.2) is 11.0 Å². The number of ether oxygens (including phenoxy) is 1. The van der Waals surface area contributed by atoms with Crippen LogP contribution in [0.2, 0.25) is 5.02 Å². The molecule has 1 heterocycles. The van der Waals surface area contributed by atoms with E-state index in [0.29, 0.717) is 21.8 Å². The number of hydrogen-bond acceptors (Lipinski definition) is 5. The molecule has 3 aromatic carbocycles. The molecule has 0 saturated heterocycles. The SMILES string of the molecule is COc1cccc(CSc2nnc(C(C)NC(=O)Nc3c(C(C)C)cccc3C(C)C)n2-c2cc(Cl)ccc2C)c1. The van der Waals surface area contributed by atoms with E-state index in [0.717, 1.165) is 39.4 Å². The zero-order valence-corrected chi connectivity index (χ0v) is 26.2. The van der Waals surface area contributed by atoms with Gasteiger partial charge in [-0.3, -0.25) is 4.57 Å². The topological polar surface area (TPSA) is 81.1 Å². The highest BCUT2D eigenvalue weighted by molar-refractivity contribution is 7.98. The van der Waals surface area contributed by atoms with Gasteiger partial charge in [0.05, 0.1) is 18.8 Å². The number of aromatic nitrogens is 3. The van der Waals surface area contributed by atoms with Crippen molar-refractivity contribution in [2.45, 2.75) is 70.3 Å². The molecule has 216 valence electrons. The summed E-state index contributed by atoms with van der Waals surface area (Å²) in [4.78, 5) is 13.4. The summed E-state index contributed by atoms with van der Waals surface area (Å²) in [5.41, 5.74) is 6.06. The summed E-state index contributed by atoms with van der Waals surface area (Å²) in [6.07, 6.45) is 0. The Morgan fingerprint density at radius 3 is 2.32 bits per heavy atom. The molecular formula is C32H38ClN5O2S. The summed E-state index contributed by atoms with van der Waals surface area (Å²) in [7, 11) is 1.66. The molecule has 1 unspecified atom stereocenters. The molecule has 0 saturated carbocycles. The number of urea groups is 1. The predicted octanol–water partition coefficient (Wildman–Crippen LogP) is 8.66. The number of amides is 2. The number of thioether (sulfide) groups is 1. The highest BCUT2D eigenvalue weighted by Crippen LogP contribution is 2.33. The quantitative estimate of drug-likeness (QED) is 0.180. The van der Waals surface area contributed by atoms with Crippen molar-refractivity contribution in [3.8, 4) is 11.4 Å². The van der Waals surface area contributed by atoms with Crippen molar-refractivity contribution in [2.24, 2.45) is 0 Å². The Bertz CT molecular complexity index is 1490. The second kappa shape index (κ2) is 13.4. The number of aryl methyl sites for hydroxylation is 1. The van der Waals surface area contributed by atoms with Crippen LogP contribution < -0.4 is 15.4 Å². The molecule has 2 N–H and O–H groups in total. The van der Waals surface area contributed by atoms with Crippen molar-refractivity contribution in [3.63, 3.8) is 0 Å². The maximum Gasteiger partial charge on any atom is 0.319 e. The highest BCUT2D eigenvalue weighted by Gasteiger charge is 2.24. The Balaban J connectivity index is 1.64. The van der Waals surface area contributed by atoms with E-state index in [1.807, 2.05) is 54.8 Å². The van der Waals surface area contributed by atoms with Crippen LogP contribution in [0.25, 0.3) is 5.69 Å². The largest absolute Gasteiger partial charge is 0.497 e. The second-order valence-corrected chi connectivity index (χ2v) is 12.1. The average molecular weight is 592 g/mol. The summed E-state index contributed by atoms with van der Waals surface area (Å²) in [6.45, 7) is 12.5. The summed E-state index contributed by atoms with van der Waals surface area (Å²) in [6, 6.07) is 19.1. The van der Waals surface area contributed by atoms with Crippen LogP contribution in [-0.4, -0.2) is 27.9 Å². The van der Waals surface area contributed by atoms with Crippen LogP contribution in [0.3, 0.4) is 0 Å². The van der Waals surface area contributed by atoms with Gasteiger partial charge in [-0.1, -0.05) is 87.5 Å². The number of benzene rings is 3. The van der Waals surface area contributed by atoms with Crippen molar-refractivity contribution in [3.05, 3.63) is 93.8 Å². The van der Waals surface area contributed by atoms with E-state index in [1.165, 1.54) is 0 Å². The van der Waals surface area contributed by atoms with Gasteiger partial charge in [0.2, 0.25) is 0 Å². The van der Waals surface area contributed by atoms with Crippen molar-refractivity contribution >= 4 is 35.1 Å². The van der Waals surface area contributed by atoms with Crippen LogP contribution in [0.15, 0.2) is 65.8 Å². The molecule has 0 aliphatic carbocycles. The summed E-state index contributed by atoms with van der Waals surface area (Å²) in [5, 5.41) is 16.6. The van der Waals surface area contributed by atoms with Gasteiger partial charge < -0.3 is 15.4 Å². The number of halogens is 1. The lowest BCUT2D eigenvalue weighted by Gasteiger charge is -2.22.